The fourth-order valence-electron chi connectivity index (χ4n) is 2.58. The lowest BCUT2D eigenvalue weighted by molar-refractivity contribution is 0.103. The van der Waals surface area contributed by atoms with Crippen LogP contribution in [0.15, 0.2) is 66.7 Å². The lowest BCUT2D eigenvalue weighted by Crippen LogP contribution is -2.15. The van der Waals surface area contributed by atoms with Crippen LogP contribution in [0.4, 0.5) is 0 Å². The quantitative estimate of drug-likeness (QED) is 0.463. The van der Waals surface area contributed by atoms with Crippen LogP contribution in [-0.4, -0.2) is 5.78 Å². The van der Waals surface area contributed by atoms with Crippen molar-refractivity contribution in [2.75, 3.05) is 0 Å². The second-order valence-corrected chi connectivity index (χ2v) is 7.90. The molecule has 1 aliphatic heterocycles. The predicted molar refractivity (Wildman–Crippen MR) is 102 cm³/mol. The monoisotopic (exact) mass is 420 g/mol. The van der Waals surface area contributed by atoms with E-state index in [1.165, 1.54) is 30.3 Å². The fraction of sp³-hybridized carbons (Fsp3) is 0. The van der Waals surface area contributed by atoms with Gasteiger partial charge in [0.2, 0.25) is 5.78 Å². The van der Waals surface area contributed by atoms with E-state index in [2.05, 4.69) is 0 Å². The predicted octanol–water partition coefficient (Wildman–Crippen LogP) is 6.18. The number of fused-ring (bicyclic) bond motifs is 2. The Bertz CT molecular complexity index is 1040. The molecule has 0 spiro atoms. The van der Waals surface area contributed by atoms with E-state index in [1.54, 1.807) is 36.4 Å². The number of hydrogen-bond donors (Lipinski definition) is 0. The molecule has 4 rings (SSSR count). The third kappa shape index (κ3) is 3.54. The lowest BCUT2D eigenvalue weighted by Gasteiger charge is -2.24. The number of carbonyl (C=O) groups excluding carboxylic acids is 1. The zero-order chi connectivity index (χ0) is 19.0. The van der Waals surface area contributed by atoms with Crippen molar-refractivity contribution < 1.29 is 22.9 Å². The molecule has 0 unspecified atom stereocenters. The molecule has 8 heteroatoms. The summed E-state index contributed by atoms with van der Waals surface area (Å²) >= 11 is 12.0. The van der Waals surface area contributed by atoms with Gasteiger partial charge in [-0.25, -0.2) is 0 Å². The van der Waals surface area contributed by atoms with Gasteiger partial charge in [0.15, 0.2) is 5.75 Å². The molecule has 1 heterocycles. The molecule has 0 saturated carbocycles. The minimum atomic E-state index is -4.22. The third-order valence-electron chi connectivity index (χ3n) is 3.79. The van der Waals surface area contributed by atoms with Gasteiger partial charge < -0.3 is 13.6 Å². The lowest BCUT2D eigenvalue weighted by atomic mass is 10.0. The Kier molecular flexibility index (Phi) is 4.60. The maximum absolute atomic E-state index is 13.4. The van der Waals surface area contributed by atoms with E-state index in [9.17, 15) is 9.36 Å². The van der Waals surface area contributed by atoms with Gasteiger partial charge in [-0.15, -0.1) is 0 Å². The van der Waals surface area contributed by atoms with E-state index in [1.807, 2.05) is 0 Å². The number of benzene rings is 3. The van der Waals surface area contributed by atoms with Crippen LogP contribution in [0, 0.1) is 0 Å². The summed E-state index contributed by atoms with van der Waals surface area (Å²) in [5, 5.41) is 0.538. The summed E-state index contributed by atoms with van der Waals surface area (Å²) in [5.74, 6) is -0.0564. The normalized spacial score (nSPS) is 14.7. The number of carbonyl (C=O) groups is 1. The van der Waals surface area contributed by atoms with Gasteiger partial charge in [-0.3, -0.25) is 4.79 Å². The Morgan fingerprint density at radius 3 is 1.93 bits per heavy atom. The van der Waals surface area contributed by atoms with Crippen molar-refractivity contribution in [2.45, 2.75) is 0 Å². The molecule has 0 bridgehead atoms. The van der Waals surface area contributed by atoms with Crippen molar-refractivity contribution >= 4 is 36.8 Å². The van der Waals surface area contributed by atoms with E-state index in [0.29, 0.717) is 5.02 Å². The van der Waals surface area contributed by atoms with Crippen LogP contribution in [0.2, 0.25) is 10.0 Å². The fourth-order valence-corrected chi connectivity index (χ4v) is 4.39. The largest absolute Gasteiger partial charge is 0.647 e. The van der Waals surface area contributed by atoms with Crippen LogP contribution in [0.1, 0.15) is 15.9 Å². The van der Waals surface area contributed by atoms with Crippen molar-refractivity contribution in [1.29, 1.82) is 0 Å². The Morgan fingerprint density at radius 1 is 0.815 bits per heavy atom. The van der Waals surface area contributed by atoms with E-state index in [-0.39, 0.29) is 39.2 Å². The molecule has 0 radical (unpaired) electrons. The summed E-state index contributed by atoms with van der Waals surface area (Å²) in [4.78, 5) is 12.8. The molecular formula is C19H11Cl2O5P. The standard InChI is InChI=1S/C19H11Cl2O5P/c20-12-9-10-18(15(21)11-12)26-27(23)24-16-7-3-1-5-13(16)19(22)14-6-2-4-8-17(14)25-27/h1-11H. The highest BCUT2D eigenvalue weighted by molar-refractivity contribution is 7.49. The van der Waals surface area contributed by atoms with Gasteiger partial charge >= 0.3 is 7.82 Å². The smallest absolute Gasteiger partial charge is 0.385 e. The van der Waals surface area contributed by atoms with Crippen LogP contribution in [0.3, 0.4) is 0 Å². The molecule has 0 fully saturated rings. The molecule has 1 aliphatic rings. The molecule has 0 amide bonds. The molecule has 0 aliphatic carbocycles. The van der Waals surface area contributed by atoms with Gasteiger partial charge in [-0.2, -0.15) is 4.57 Å². The first kappa shape index (κ1) is 17.9. The molecule has 27 heavy (non-hydrogen) atoms. The second kappa shape index (κ2) is 6.93. The zero-order valence-corrected chi connectivity index (χ0v) is 16.0. The second-order valence-electron chi connectivity index (χ2n) is 5.62. The summed E-state index contributed by atoms with van der Waals surface area (Å²) < 4.78 is 30.0. The average molecular weight is 421 g/mol. The number of ketones is 1. The highest BCUT2D eigenvalue weighted by Crippen LogP contribution is 2.53. The minimum absolute atomic E-state index is 0.0752. The summed E-state index contributed by atoms with van der Waals surface area (Å²) in [6.45, 7) is 0. The van der Waals surface area contributed by atoms with E-state index in [4.69, 9.17) is 36.8 Å². The topological polar surface area (TPSA) is 61.8 Å². The first-order chi connectivity index (χ1) is 13.0. The van der Waals surface area contributed by atoms with E-state index < -0.39 is 7.82 Å². The molecule has 5 nitrogen and oxygen atoms in total. The zero-order valence-electron chi connectivity index (χ0n) is 13.6. The van der Waals surface area contributed by atoms with Gasteiger partial charge in [-0.1, -0.05) is 47.5 Å². The molecule has 3 aromatic carbocycles. The highest BCUT2D eigenvalue weighted by Gasteiger charge is 2.38. The molecule has 136 valence electrons. The Morgan fingerprint density at radius 2 is 1.37 bits per heavy atom. The van der Waals surface area contributed by atoms with Crippen molar-refractivity contribution in [3.63, 3.8) is 0 Å². The van der Waals surface area contributed by atoms with Crippen molar-refractivity contribution in [3.05, 3.63) is 87.9 Å². The molecule has 0 saturated heterocycles. The number of phosphoric acid groups is 1. The number of rotatable bonds is 2. The van der Waals surface area contributed by atoms with Gasteiger partial charge in [0.25, 0.3) is 0 Å². The van der Waals surface area contributed by atoms with Crippen LogP contribution >= 0.6 is 31.0 Å². The first-order valence-corrected chi connectivity index (χ1v) is 10.0. The molecular weight excluding hydrogens is 410 g/mol. The van der Waals surface area contributed by atoms with Gasteiger partial charge in [0.1, 0.15) is 11.5 Å². The first-order valence-electron chi connectivity index (χ1n) is 7.82. The Labute approximate surface area is 165 Å². The number of hydrogen-bond acceptors (Lipinski definition) is 5. The van der Waals surface area contributed by atoms with Crippen LogP contribution in [0.5, 0.6) is 17.2 Å². The van der Waals surface area contributed by atoms with Crippen molar-refractivity contribution in [2.24, 2.45) is 0 Å². The molecule has 0 N–H and O–H groups in total. The Hall–Kier alpha value is -2.46. The van der Waals surface area contributed by atoms with Gasteiger partial charge in [-0.05, 0) is 42.5 Å². The summed E-state index contributed by atoms with van der Waals surface area (Å²) in [6, 6.07) is 17.3. The maximum atomic E-state index is 13.4. The maximum Gasteiger partial charge on any atom is 0.647 e. The van der Waals surface area contributed by atoms with Crippen molar-refractivity contribution in [3.8, 4) is 17.2 Å². The molecule has 3 aromatic rings. The summed E-state index contributed by atoms with van der Waals surface area (Å²) in [6.07, 6.45) is 0. The number of halogens is 2. The third-order valence-corrected chi connectivity index (χ3v) is 5.58. The SMILES string of the molecule is O=C1c2ccccc2OP(=O)(Oc2ccc(Cl)cc2Cl)Oc2ccccc21. The average Bonchev–Trinajstić information content (AvgIpc) is 2.63. The molecule has 0 atom stereocenters. The number of para-hydroxylation sites is 2. The van der Waals surface area contributed by atoms with Crippen LogP contribution in [0.25, 0.3) is 0 Å². The highest BCUT2D eigenvalue weighted by atomic mass is 35.5. The van der Waals surface area contributed by atoms with Crippen LogP contribution in [-0.2, 0) is 4.57 Å². The molecule has 0 aromatic heterocycles. The van der Waals surface area contributed by atoms with Crippen molar-refractivity contribution in [1.82, 2.24) is 0 Å². The van der Waals surface area contributed by atoms with Gasteiger partial charge in [0.05, 0.1) is 16.1 Å². The van der Waals surface area contributed by atoms with E-state index in [0.717, 1.165) is 0 Å². The van der Waals surface area contributed by atoms with Crippen LogP contribution < -0.4 is 13.6 Å². The summed E-state index contributed by atoms with van der Waals surface area (Å²) in [5.41, 5.74) is 0.499. The van der Waals surface area contributed by atoms with Gasteiger partial charge in [0, 0.05) is 5.02 Å². The summed E-state index contributed by atoms with van der Waals surface area (Å²) in [7, 11) is -4.22. The Balaban J connectivity index is 1.83. The number of phosphoric ester groups is 1. The van der Waals surface area contributed by atoms with E-state index >= 15 is 0 Å². The minimum Gasteiger partial charge on any atom is -0.385 e.